The molecule has 0 radical (unpaired) electrons. The monoisotopic (exact) mass is 325 g/mol. The molecule has 22 heavy (non-hydrogen) atoms. The maximum absolute atomic E-state index is 9.56. The number of aliphatic hydroxyl groups is 1. The summed E-state index contributed by atoms with van der Waals surface area (Å²) >= 11 is 6.20. The summed E-state index contributed by atoms with van der Waals surface area (Å²) in [5.74, 6) is 1.89. The van der Waals surface area contributed by atoms with Crippen molar-refractivity contribution in [2.75, 3.05) is 20.8 Å². The third-order valence-corrected chi connectivity index (χ3v) is 3.79. The van der Waals surface area contributed by atoms with Gasteiger partial charge < -0.3 is 19.0 Å². The summed E-state index contributed by atoms with van der Waals surface area (Å²) in [6, 6.07) is 6.73. The fourth-order valence-electron chi connectivity index (χ4n) is 2.33. The summed E-state index contributed by atoms with van der Waals surface area (Å²) in [6.45, 7) is 1.89. The maximum Gasteiger partial charge on any atom is 0.141 e. The summed E-state index contributed by atoms with van der Waals surface area (Å²) < 4.78 is 15.9. The second-order valence-electron chi connectivity index (χ2n) is 4.87. The number of benzene rings is 1. The first-order valence-corrected chi connectivity index (χ1v) is 7.30. The minimum absolute atomic E-state index is 0.0793. The molecule has 1 heterocycles. The molecule has 2 rings (SSSR count). The molecule has 1 aromatic heterocycles. The SMILES string of the molecule is COc1cc(OC)c(C(C)NC(CO)c2ccco2)cc1Cl. The molecule has 0 fully saturated rings. The van der Waals surface area contributed by atoms with Crippen molar-refractivity contribution in [3.63, 3.8) is 0 Å². The molecule has 2 N–H and O–H groups in total. The number of aliphatic hydroxyl groups excluding tert-OH is 1. The fraction of sp³-hybridized carbons (Fsp3) is 0.375. The van der Waals surface area contributed by atoms with Crippen LogP contribution in [-0.2, 0) is 0 Å². The number of ether oxygens (including phenoxy) is 2. The number of halogens is 1. The van der Waals surface area contributed by atoms with E-state index in [2.05, 4.69) is 5.32 Å². The van der Waals surface area contributed by atoms with Gasteiger partial charge in [-0.1, -0.05) is 11.6 Å². The van der Waals surface area contributed by atoms with Crippen molar-refractivity contribution in [1.29, 1.82) is 0 Å². The second kappa shape index (κ2) is 7.54. The van der Waals surface area contributed by atoms with Crippen molar-refractivity contribution in [2.24, 2.45) is 0 Å². The van der Waals surface area contributed by atoms with Crippen LogP contribution in [0.2, 0.25) is 5.02 Å². The minimum atomic E-state index is -0.310. The number of methoxy groups -OCH3 is 2. The van der Waals surface area contributed by atoms with Crippen molar-refractivity contribution in [2.45, 2.75) is 19.0 Å². The molecule has 0 saturated heterocycles. The van der Waals surface area contributed by atoms with Crippen LogP contribution in [-0.4, -0.2) is 25.9 Å². The van der Waals surface area contributed by atoms with Gasteiger partial charge in [-0.15, -0.1) is 0 Å². The van der Waals surface area contributed by atoms with Crippen LogP contribution in [0.5, 0.6) is 11.5 Å². The fourth-order valence-corrected chi connectivity index (χ4v) is 2.58. The molecule has 0 amide bonds. The zero-order valence-electron chi connectivity index (χ0n) is 12.8. The van der Waals surface area contributed by atoms with Gasteiger partial charge in [0.15, 0.2) is 0 Å². The first-order chi connectivity index (χ1) is 10.6. The zero-order chi connectivity index (χ0) is 16.1. The highest BCUT2D eigenvalue weighted by Crippen LogP contribution is 2.36. The van der Waals surface area contributed by atoms with Crippen molar-refractivity contribution in [1.82, 2.24) is 5.32 Å². The van der Waals surface area contributed by atoms with E-state index in [0.29, 0.717) is 22.3 Å². The smallest absolute Gasteiger partial charge is 0.141 e. The molecule has 0 aliphatic carbocycles. The predicted molar refractivity (Wildman–Crippen MR) is 84.6 cm³/mol. The molecule has 0 saturated carbocycles. The Balaban J connectivity index is 2.25. The number of rotatable bonds is 7. The molecule has 0 bridgehead atoms. The Bertz CT molecular complexity index is 600. The Morgan fingerprint density at radius 3 is 2.55 bits per heavy atom. The summed E-state index contributed by atoms with van der Waals surface area (Å²) in [7, 11) is 3.15. The van der Waals surface area contributed by atoms with Gasteiger partial charge in [-0.2, -0.15) is 0 Å². The predicted octanol–water partition coefficient (Wildman–Crippen LogP) is 3.33. The lowest BCUT2D eigenvalue weighted by molar-refractivity contribution is 0.216. The molecule has 0 spiro atoms. The maximum atomic E-state index is 9.56. The lowest BCUT2D eigenvalue weighted by Crippen LogP contribution is -2.27. The molecule has 0 aliphatic heterocycles. The molecule has 2 atom stereocenters. The summed E-state index contributed by atoms with van der Waals surface area (Å²) in [5, 5.41) is 13.4. The van der Waals surface area contributed by atoms with Crippen molar-refractivity contribution in [3.05, 3.63) is 46.9 Å². The van der Waals surface area contributed by atoms with Crippen LogP contribution in [0, 0.1) is 0 Å². The summed E-state index contributed by atoms with van der Waals surface area (Å²) in [6.07, 6.45) is 1.58. The lowest BCUT2D eigenvalue weighted by atomic mass is 10.0. The number of furan rings is 1. The van der Waals surface area contributed by atoms with Crippen LogP contribution in [0.3, 0.4) is 0 Å². The Morgan fingerprint density at radius 1 is 1.27 bits per heavy atom. The molecule has 6 heteroatoms. The van der Waals surface area contributed by atoms with Gasteiger partial charge in [-0.3, -0.25) is 5.32 Å². The highest BCUT2D eigenvalue weighted by Gasteiger charge is 2.20. The molecule has 0 aliphatic rings. The Hall–Kier alpha value is -1.69. The highest BCUT2D eigenvalue weighted by atomic mass is 35.5. The van der Waals surface area contributed by atoms with E-state index < -0.39 is 0 Å². The molecule has 5 nitrogen and oxygen atoms in total. The lowest BCUT2D eigenvalue weighted by Gasteiger charge is -2.23. The van der Waals surface area contributed by atoms with E-state index in [0.717, 1.165) is 5.56 Å². The van der Waals surface area contributed by atoms with Gasteiger partial charge in [0.2, 0.25) is 0 Å². The minimum Gasteiger partial charge on any atom is -0.496 e. The zero-order valence-corrected chi connectivity index (χ0v) is 13.6. The normalized spacial score (nSPS) is 13.7. The van der Waals surface area contributed by atoms with E-state index in [1.54, 1.807) is 38.7 Å². The first kappa shape index (κ1) is 16.7. The van der Waals surface area contributed by atoms with Crippen LogP contribution >= 0.6 is 11.6 Å². The Labute approximate surface area is 134 Å². The topological polar surface area (TPSA) is 63.9 Å². The highest BCUT2D eigenvalue weighted by molar-refractivity contribution is 6.32. The van der Waals surface area contributed by atoms with Gasteiger partial charge >= 0.3 is 0 Å². The van der Waals surface area contributed by atoms with E-state index in [-0.39, 0.29) is 18.7 Å². The molecule has 1 aromatic carbocycles. The largest absolute Gasteiger partial charge is 0.496 e. The van der Waals surface area contributed by atoms with E-state index >= 15 is 0 Å². The van der Waals surface area contributed by atoms with Crippen LogP contribution in [0.25, 0.3) is 0 Å². The first-order valence-electron chi connectivity index (χ1n) is 6.92. The third-order valence-electron chi connectivity index (χ3n) is 3.49. The summed E-state index contributed by atoms with van der Waals surface area (Å²) in [5.41, 5.74) is 0.873. The van der Waals surface area contributed by atoms with Gasteiger partial charge in [0.05, 0.1) is 38.2 Å². The van der Waals surface area contributed by atoms with Gasteiger partial charge in [-0.25, -0.2) is 0 Å². The van der Waals surface area contributed by atoms with Gasteiger partial charge in [0, 0.05) is 17.7 Å². The van der Waals surface area contributed by atoms with Gasteiger partial charge in [0.25, 0.3) is 0 Å². The number of hydrogen-bond donors (Lipinski definition) is 2. The molecular weight excluding hydrogens is 306 g/mol. The average Bonchev–Trinajstić information content (AvgIpc) is 3.06. The van der Waals surface area contributed by atoms with E-state index in [4.69, 9.17) is 25.5 Å². The molecule has 2 aromatic rings. The second-order valence-corrected chi connectivity index (χ2v) is 5.27. The standard InChI is InChI=1S/C16H20ClNO4/c1-10(18-13(9-19)14-5-4-6-22-14)11-7-12(17)16(21-3)8-15(11)20-2/h4-8,10,13,18-19H,9H2,1-3H3. The van der Waals surface area contributed by atoms with Gasteiger partial charge in [0.1, 0.15) is 17.3 Å². The van der Waals surface area contributed by atoms with E-state index in [9.17, 15) is 5.11 Å². The molecular formula is C16H20ClNO4. The van der Waals surface area contributed by atoms with Crippen LogP contribution in [0.15, 0.2) is 34.9 Å². The number of hydrogen-bond acceptors (Lipinski definition) is 5. The van der Waals surface area contributed by atoms with Crippen LogP contribution < -0.4 is 14.8 Å². The van der Waals surface area contributed by atoms with Crippen molar-refractivity contribution < 1.29 is 19.0 Å². The average molecular weight is 326 g/mol. The third kappa shape index (κ3) is 3.55. The Kier molecular flexibility index (Phi) is 5.71. The van der Waals surface area contributed by atoms with Crippen molar-refractivity contribution in [3.8, 4) is 11.5 Å². The molecule has 2 unspecified atom stereocenters. The van der Waals surface area contributed by atoms with Gasteiger partial charge in [-0.05, 0) is 25.1 Å². The van der Waals surface area contributed by atoms with E-state index in [1.165, 1.54) is 0 Å². The molecule has 120 valence electrons. The number of nitrogens with one attached hydrogen (secondary N) is 1. The quantitative estimate of drug-likeness (QED) is 0.817. The van der Waals surface area contributed by atoms with Crippen LogP contribution in [0.4, 0.5) is 0 Å². The van der Waals surface area contributed by atoms with E-state index in [1.807, 2.05) is 13.0 Å². The Morgan fingerprint density at radius 2 is 2.00 bits per heavy atom. The van der Waals surface area contributed by atoms with Crippen LogP contribution in [0.1, 0.15) is 30.3 Å². The summed E-state index contributed by atoms with van der Waals surface area (Å²) in [4.78, 5) is 0. The van der Waals surface area contributed by atoms with Crippen molar-refractivity contribution >= 4 is 11.6 Å².